The summed E-state index contributed by atoms with van der Waals surface area (Å²) in [4.78, 5) is 11.7. The Labute approximate surface area is 109 Å². The standard InChI is InChI=1S/C13H19NO3S/c1-4-13(15)11-7-9-12(10-8-11)18(16,17)14(5-2)6-3/h7-10H,4-6H2,1-3H3. The van der Waals surface area contributed by atoms with Gasteiger partial charge < -0.3 is 0 Å². The molecule has 0 bridgehead atoms. The average Bonchev–Trinajstić information content (AvgIpc) is 2.39. The minimum absolute atomic E-state index is 0.0155. The number of Topliss-reactive ketones (excluding diaryl/α,β-unsaturated/α-hetero) is 1. The molecule has 0 radical (unpaired) electrons. The molecule has 4 nitrogen and oxygen atoms in total. The molecule has 0 aliphatic heterocycles. The van der Waals surface area contributed by atoms with Crippen molar-refractivity contribution in [1.82, 2.24) is 4.31 Å². The highest BCUT2D eigenvalue weighted by Gasteiger charge is 2.21. The monoisotopic (exact) mass is 269 g/mol. The fraction of sp³-hybridized carbons (Fsp3) is 0.462. The summed E-state index contributed by atoms with van der Waals surface area (Å²) >= 11 is 0. The molecule has 0 unspecified atom stereocenters. The van der Waals surface area contributed by atoms with E-state index >= 15 is 0 Å². The SMILES string of the molecule is CCC(=O)c1ccc(S(=O)(=O)N(CC)CC)cc1. The number of hydrogen-bond donors (Lipinski definition) is 0. The molecular formula is C13H19NO3S. The summed E-state index contributed by atoms with van der Waals surface area (Å²) in [7, 11) is -3.43. The number of benzene rings is 1. The predicted molar refractivity (Wildman–Crippen MR) is 71.2 cm³/mol. The second-order valence-electron chi connectivity index (χ2n) is 3.89. The maximum atomic E-state index is 12.2. The zero-order chi connectivity index (χ0) is 13.8. The van der Waals surface area contributed by atoms with Crippen LogP contribution >= 0.6 is 0 Å². The van der Waals surface area contributed by atoms with Gasteiger partial charge in [-0.25, -0.2) is 8.42 Å². The summed E-state index contributed by atoms with van der Waals surface area (Å²) in [5.74, 6) is 0.0155. The van der Waals surface area contributed by atoms with E-state index in [0.717, 1.165) is 0 Å². The third-order valence-corrected chi connectivity index (χ3v) is 4.90. The second-order valence-corrected chi connectivity index (χ2v) is 5.83. The Morgan fingerprint density at radius 2 is 1.56 bits per heavy atom. The first kappa shape index (κ1) is 14.9. The van der Waals surface area contributed by atoms with Crippen LogP contribution in [0.25, 0.3) is 0 Å². The van der Waals surface area contributed by atoms with E-state index in [1.165, 1.54) is 16.4 Å². The molecule has 0 atom stereocenters. The van der Waals surface area contributed by atoms with Crippen LogP contribution in [0.1, 0.15) is 37.6 Å². The third-order valence-electron chi connectivity index (χ3n) is 2.84. The van der Waals surface area contributed by atoms with Gasteiger partial charge in [0.05, 0.1) is 4.90 Å². The molecule has 0 amide bonds. The van der Waals surface area contributed by atoms with Crippen molar-refractivity contribution in [1.29, 1.82) is 0 Å². The largest absolute Gasteiger partial charge is 0.294 e. The fourth-order valence-electron chi connectivity index (χ4n) is 1.73. The molecule has 100 valence electrons. The minimum Gasteiger partial charge on any atom is -0.294 e. The second kappa shape index (κ2) is 6.11. The van der Waals surface area contributed by atoms with E-state index in [0.29, 0.717) is 25.1 Å². The van der Waals surface area contributed by atoms with Gasteiger partial charge in [0.15, 0.2) is 5.78 Å². The van der Waals surface area contributed by atoms with Crippen LogP contribution in [0, 0.1) is 0 Å². The highest BCUT2D eigenvalue weighted by Crippen LogP contribution is 2.16. The Balaban J connectivity index is 3.08. The highest BCUT2D eigenvalue weighted by molar-refractivity contribution is 7.89. The molecule has 0 heterocycles. The van der Waals surface area contributed by atoms with E-state index in [1.807, 2.05) is 0 Å². The summed E-state index contributed by atoms with van der Waals surface area (Å²) in [6.45, 7) is 6.26. The highest BCUT2D eigenvalue weighted by atomic mass is 32.2. The Morgan fingerprint density at radius 1 is 1.06 bits per heavy atom. The number of rotatable bonds is 6. The van der Waals surface area contributed by atoms with E-state index in [-0.39, 0.29) is 10.7 Å². The van der Waals surface area contributed by atoms with Crippen molar-refractivity contribution in [2.24, 2.45) is 0 Å². The van der Waals surface area contributed by atoms with Gasteiger partial charge in [-0.3, -0.25) is 4.79 Å². The van der Waals surface area contributed by atoms with Crippen molar-refractivity contribution in [3.8, 4) is 0 Å². The maximum absolute atomic E-state index is 12.2. The Hall–Kier alpha value is -1.20. The smallest absolute Gasteiger partial charge is 0.243 e. The number of carbonyl (C=O) groups excluding carboxylic acids is 1. The number of ketones is 1. The van der Waals surface area contributed by atoms with Gasteiger partial charge in [-0.1, -0.05) is 32.9 Å². The van der Waals surface area contributed by atoms with Crippen LogP contribution < -0.4 is 0 Å². The number of nitrogens with zero attached hydrogens (tertiary/aromatic N) is 1. The van der Waals surface area contributed by atoms with Gasteiger partial charge in [0.25, 0.3) is 0 Å². The zero-order valence-electron chi connectivity index (χ0n) is 11.0. The first-order chi connectivity index (χ1) is 8.47. The Bertz CT molecular complexity index is 502. The van der Waals surface area contributed by atoms with Crippen LogP contribution in [0.3, 0.4) is 0 Å². The quantitative estimate of drug-likeness (QED) is 0.745. The molecule has 0 spiro atoms. The molecule has 0 aliphatic carbocycles. The zero-order valence-corrected chi connectivity index (χ0v) is 11.8. The lowest BCUT2D eigenvalue weighted by atomic mass is 10.1. The first-order valence-corrected chi connectivity index (χ1v) is 7.54. The van der Waals surface area contributed by atoms with Crippen molar-refractivity contribution in [2.45, 2.75) is 32.1 Å². The summed E-state index contributed by atoms with van der Waals surface area (Å²) < 4.78 is 25.8. The first-order valence-electron chi connectivity index (χ1n) is 6.10. The molecule has 0 aliphatic rings. The van der Waals surface area contributed by atoms with Gasteiger partial charge in [0, 0.05) is 25.1 Å². The third kappa shape index (κ3) is 2.97. The Kier molecular flexibility index (Phi) is 5.04. The number of carbonyl (C=O) groups is 1. The van der Waals surface area contributed by atoms with Gasteiger partial charge in [0.2, 0.25) is 10.0 Å². The van der Waals surface area contributed by atoms with Crippen molar-refractivity contribution in [3.63, 3.8) is 0 Å². The van der Waals surface area contributed by atoms with Crippen LogP contribution in [0.5, 0.6) is 0 Å². The summed E-state index contributed by atoms with van der Waals surface area (Å²) in [6, 6.07) is 6.14. The molecule has 0 aromatic heterocycles. The molecule has 1 aromatic carbocycles. The normalized spacial score (nSPS) is 11.8. The molecule has 1 aromatic rings. The maximum Gasteiger partial charge on any atom is 0.243 e. The van der Waals surface area contributed by atoms with Crippen molar-refractivity contribution in [3.05, 3.63) is 29.8 Å². The predicted octanol–water partition coefficient (Wildman–Crippen LogP) is 2.31. The summed E-state index contributed by atoms with van der Waals surface area (Å²) in [5.41, 5.74) is 0.552. The van der Waals surface area contributed by atoms with Crippen LogP contribution in [0.15, 0.2) is 29.2 Å². The van der Waals surface area contributed by atoms with Crippen LogP contribution in [-0.4, -0.2) is 31.6 Å². The average molecular weight is 269 g/mol. The summed E-state index contributed by atoms with van der Waals surface area (Å²) in [5, 5.41) is 0. The van der Waals surface area contributed by atoms with Crippen LogP contribution in [-0.2, 0) is 10.0 Å². The van der Waals surface area contributed by atoms with Crippen molar-refractivity contribution in [2.75, 3.05) is 13.1 Å². The lowest BCUT2D eigenvalue weighted by Crippen LogP contribution is -2.30. The van der Waals surface area contributed by atoms with Gasteiger partial charge in [-0.15, -0.1) is 0 Å². The number of sulfonamides is 1. The molecule has 0 saturated carbocycles. The molecule has 18 heavy (non-hydrogen) atoms. The molecule has 0 saturated heterocycles. The van der Waals surface area contributed by atoms with Gasteiger partial charge >= 0.3 is 0 Å². The van der Waals surface area contributed by atoms with Gasteiger partial charge in [-0.05, 0) is 12.1 Å². The topological polar surface area (TPSA) is 54.5 Å². The van der Waals surface area contributed by atoms with E-state index < -0.39 is 10.0 Å². The fourth-order valence-corrected chi connectivity index (χ4v) is 3.19. The van der Waals surface area contributed by atoms with E-state index in [4.69, 9.17) is 0 Å². The van der Waals surface area contributed by atoms with E-state index in [1.54, 1.807) is 32.9 Å². The van der Waals surface area contributed by atoms with Crippen molar-refractivity contribution >= 4 is 15.8 Å². The van der Waals surface area contributed by atoms with Gasteiger partial charge in [0.1, 0.15) is 0 Å². The van der Waals surface area contributed by atoms with E-state index in [2.05, 4.69) is 0 Å². The number of hydrogen-bond acceptors (Lipinski definition) is 3. The minimum atomic E-state index is -3.43. The molecule has 0 fully saturated rings. The summed E-state index contributed by atoms with van der Waals surface area (Å²) in [6.07, 6.45) is 0.419. The van der Waals surface area contributed by atoms with Crippen LogP contribution in [0.4, 0.5) is 0 Å². The van der Waals surface area contributed by atoms with Gasteiger partial charge in [-0.2, -0.15) is 4.31 Å². The molecule has 5 heteroatoms. The van der Waals surface area contributed by atoms with E-state index in [9.17, 15) is 13.2 Å². The Morgan fingerprint density at radius 3 is 1.94 bits per heavy atom. The molecular weight excluding hydrogens is 250 g/mol. The lowest BCUT2D eigenvalue weighted by molar-refractivity contribution is 0.0988. The lowest BCUT2D eigenvalue weighted by Gasteiger charge is -2.18. The van der Waals surface area contributed by atoms with Crippen LogP contribution in [0.2, 0.25) is 0 Å². The van der Waals surface area contributed by atoms with Crippen molar-refractivity contribution < 1.29 is 13.2 Å². The molecule has 1 rings (SSSR count). The molecule has 0 N–H and O–H groups in total.